The summed E-state index contributed by atoms with van der Waals surface area (Å²) in [5, 5.41) is 0. The van der Waals surface area contributed by atoms with Gasteiger partial charge in [0, 0.05) is 0 Å². The second-order valence-electron chi connectivity index (χ2n) is 11.3. The van der Waals surface area contributed by atoms with Crippen LogP contribution in [-0.2, 0) is 46.4 Å². The van der Waals surface area contributed by atoms with Crippen molar-refractivity contribution in [2.24, 2.45) is 0 Å². The molecule has 0 spiro atoms. The molecule has 53 heavy (non-hydrogen) atoms. The summed E-state index contributed by atoms with van der Waals surface area (Å²) >= 11 is 0. The third-order valence-corrected chi connectivity index (χ3v) is 7.40. The van der Waals surface area contributed by atoms with Crippen LogP contribution in [0.4, 0.5) is 0 Å². The van der Waals surface area contributed by atoms with Gasteiger partial charge in [0.25, 0.3) is 0 Å². The van der Waals surface area contributed by atoms with Crippen molar-refractivity contribution in [1.29, 1.82) is 0 Å². The minimum Gasteiger partial charge on any atom is -0.497 e. The molecule has 0 aromatic heterocycles. The topological polar surface area (TPSA) is 119 Å². The number of benzene rings is 4. The zero-order valence-corrected chi connectivity index (χ0v) is 30.5. The highest BCUT2D eigenvalue weighted by atomic mass is 16.6. The molecule has 4 aromatic carbocycles. The first-order chi connectivity index (χ1) is 26.2. The smallest absolute Gasteiger partial charge is 0.338 e. The summed E-state index contributed by atoms with van der Waals surface area (Å²) in [7, 11) is 2.90. The van der Waals surface area contributed by atoms with Gasteiger partial charge in [0.15, 0.2) is 11.5 Å². The summed E-state index contributed by atoms with van der Waals surface area (Å²) in [4.78, 5) is 12.6. The van der Waals surface area contributed by atoms with Crippen molar-refractivity contribution >= 4 is 5.97 Å². The summed E-state index contributed by atoms with van der Waals surface area (Å²) in [5.41, 5.74) is 2.46. The zero-order chi connectivity index (χ0) is 37.2. The lowest BCUT2D eigenvalue weighted by Gasteiger charge is -2.18. The SMILES string of the molecule is COC(=O)c1cc(OCCOCCOCCOCc2ccccc2)c(Oc2ccc(OC)cc2)c(OCCOCCOCCOCc2ccccc2)c1. The van der Waals surface area contributed by atoms with E-state index < -0.39 is 5.97 Å². The van der Waals surface area contributed by atoms with Gasteiger partial charge in [-0.05, 0) is 47.5 Å². The molecule has 0 N–H and O–H groups in total. The molecule has 0 amide bonds. The molecule has 0 saturated carbocycles. The molecule has 0 unspecified atom stereocenters. The largest absolute Gasteiger partial charge is 0.497 e. The average molecular weight is 735 g/mol. The van der Waals surface area contributed by atoms with Crippen LogP contribution in [0.3, 0.4) is 0 Å². The van der Waals surface area contributed by atoms with Crippen molar-refractivity contribution in [3.63, 3.8) is 0 Å². The first kappa shape index (κ1) is 41.1. The quantitative estimate of drug-likeness (QED) is 0.0466. The van der Waals surface area contributed by atoms with E-state index in [9.17, 15) is 4.79 Å². The highest BCUT2D eigenvalue weighted by Crippen LogP contribution is 2.42. The van der Waals surface area contributed by atoms with Crippen LogP contribution in [-0.4, -0.2) is 99.5 Å². The molecule has 12 nitrogen and oxygen atoms in total. The van der Waals surface area contributed by atoms with Crippen LogP contribution in [0.5, 0.6) is 28.7 Å². The van der Waals surface area contributed by atoms with Crippen molar-refractivity contribution in [1.82, 2.24) is 0 Å². The van der Waals surface area contributed by atoms with Gasteiger partial charge in [0.05, 0.1) is 99.1 Å². The van der Waals surface area contributed by atoms with E-state index in [1.165, 1.54) is 7.11 Å². The van der Waals surface area contributed by atoms with Crippen molar-refractivity contribution in [3.8, 4) is 28.7 Å². The lowest BCUT2D eigenvalue weighted by Crippen LogP contribution is -2.14. The van der Waals surface area contributed by atoms with E-state index in [0.717, 1.165) is 11.1 Å². The van der Waals surface area contributed by atoms with Crippen LogP contribution in [0.1, 0.15) is 21.5 Å². The molecule has 0 radical (unpaired) electrons. The third kappa shape index (κ3) is 16.3. The van der Waals surface area contributed by atoms with Crippen LogP contribution in [0, 0.1) is 0 Å². The monoisotopic (exact) mass is 734 g/mol. The van der Waals surface area contributed by atoms with E-state index in [4.69, 9.17) is 52.1 Å². The molecule has 0 aliphatic carbocycles. The number of ether oxygens (including phenoxy) is 11. The highest BCUT2D eigenvalue weighted by Gasteiger charge is 2.20. The summed E-state index contributed by atoms with van der Waals surface area (Å²) in [6.07, 6.45) is 0. The van der Waals surface area contributed by atoms with Crippen molar-refractivity contribution in [2.45, 2.75) is 13.2 Å². The fourth-order valence-corrected chi connectivity index (χ4v) is 4.72. The number of methoxy groups -OCH3 is 2. The maximum atomic E-state index is 12.6. The Morgan fingerprint density at radius 3 is 1.28 bits per heavy atom. The Kier molecular flexibility index (Phi) is 19.6. The van der Waals surface area contributed by atoms with E-state index in [1.54, 1.807) is 43.5 Å². The van der Waals surface area contributed by atoms with Gasteiger partial charge >= 0.3 is 5.97 Å². The molecule has 0 aliphatic rings. The molecule has 0 heterocycles. The summed E-state index contributed by atoms with van der Waals surface area (Å²) in [6.45, 7) is 5.44. The lowest BCUT2D eigenvalue weighted by molar-refractivity contribution is 0.00542. The Morgan fingerprint density at radius 2 is 0.868 bits per heavy atom. The van der Waals surface area contributed by atoms with Gasteiger partial charge in [-0.25, -0.2) is 4.79 Å². The standard InChI is InChI=1S/C41H50O12/c1-43-36-13-15-37(16-14-36)53-40-38(51-27-25-47-19-17-45-21-23-49-31-33-9-5-3-6-10-33)29-35(41(42)44-2)30-39(40)52-28-26-48-20-18-46-22-24-50-32-34-11-7-4-8-12-34/h3-16,29-30H,17-28,31-32H2,1-2H3. The fourth-order valence-electron chi connectivity index (χ4n) is 4.72. The number of esters is 1. The molecule has 4 aromatic rings. The zero-order valence-electron chi connectivity index (χ0n) is 30.5. The second-order valence-corrected chi connectivity index (χ2v) is 11.3. The van der Waals surface area contributed by atoms with Gasteiger partial charge in [0.1, 0.15) is 24.7 Å². The fraction of sp³-hybridized carbons (Fsp3) is 0.390. The van der Waals surface area contributed by atoms with E-state index in [2.05, 4.69) is 0 Å². The maximum absolute atomic E-state index is 12.6. The van der Waals surface area contributed by atoms with Crippen LogP contribution < -0.4 is 18.9 Å². The van der Waals surface area contributed by atoms with Gasteiger partial charge in [-0.1, -0.05) is 60.7 Å². The maximum Gasteiger partial charge on any atom is 0.338 e. The lowest BCUT2D eigenvalue weighted by atomic mass is 10.1. The predicted octanol–water partition coefficient (Wildman–Crippen LogP) is 6.53. The molecular formula is C41H50O12. The first-order valence-electron chi connectivity index (χ1n) is 17.5. The van der Waals surface area contributed by atoms with Crippen molar-refractivity contribution in [2.75, 3.05) is 93.5 Å². The molecule has 0 saturated heterocycles. The number of hydrogen-bond donors (Lipinski definition) is 0. The average Bonchev–Trinajstić information content (AvgIpc) is 3.20. The van der Waals surface area contributed by atoms with Crippen LogP contribution in [0.25, 0.3) is 0 Å². The van der Waals surface area contributed by atoms with Crippen molar-refractivity contribution < 1.29 is 56.9 Å². The van der Waals surface area contributed by atoms with Gasteiger partial charge in [0.2, 0.25) is 5.75 Å². The minimum absolute atomic E-state index is 0.170. The van der Waals surface area contributed by atoms with E-state index in [-0.39, 0.29) is 49.2 Å². The summed E-state index contributed by atoms with van der Waals surface area (Å²) < 4.78 is 62.5. The number of rotatable bonds is 28. The van der Waals surface area contributed by atoms with Crippen LogP contribution >= 0.6 is 0 Å². The van der Waals surface area contributed by atoms with Gasteiger partial charge in [-0.2, -0.15) is 0 Å². The van der Waals surface area contributed by atoms with Crippen molar-refractivity contribution in [3.05, 3.63) is 114 Å². The molecule has 0 fully saturated rings. The molecule has 286 valence electrons. The summed E-state index contributed by atoms with van der Waals surface area (Å²) in [5.74, 6) is 1.45. The Morgan fingerprint density at radius 1 is 0.472 bits per heavy atom. The minimum atomic E-state index is -0.557. The first-order valence-corrected chi connectivity index (χ1v) is 17.5. The molecule has 0 aliphatic heterocycles. The second kappa shape index (κ2) is 25.3. The Bertz CT molecular complexity index is 1470. The molecule has 0 atom stereocenters. The van der Waals surface area contributed by atoms with Gasteiger partial charge < -0.3 is 52.1 Å². The normalized spacial score (nSPS) is 10.9. The highest BCUT2D eigenvalue weighted by molar-refractivity contribution is 5.91. The summed E-state index contributed by atoms with van der Waals surface area (Å²) in [6, 6.07) is 30.1. The van der Waals surface area contributed by atoms with E-state index >= 15 is 0 Å². The number of carbonyl (C=O) groups is 1. The molecule has 12 heteroatoms. The van der Waals surface area contributed by atoms with Crippen LogP contribution in [0.2, 0.25) is 0 Å². The molecule has 4 rings (SSSR count). The van der Waals surface area contributed by atoms with E-state index in [0.29, 0.717) is 77.6 Å². The van der Waals surface area contributed by atoms with Crippen LogP contribution in [0.15, 0.2) is 97.1 Å². The van der Waals surface area contributed by atoms with Gasteiger partial charge in [-0.3, -0.25) is 0 Å². The molecular weight excluding hydrogens is 684 g/mol. The molecule has 0 bridgehead atoms. The Labute approximate surface area is 311 Å². The predicted molar refractivity (Wildman–Crippen MR) is 197 cm³/mol. The number of carbonyl (C=O) groups excluding carboxylic acids is 1. The van der Waals surface area contributed by atoms with E-state index in [1.807, 2.05) is 60.7 Å². The number of hydrogen-bond acceptors (Lipinski definition) is 12. The Balaban J connectivity index is 1.22. The Hall–Kier alpha value is -4.69. The van der Waals surface area contributed by atoms with Gasteiger partial charge in [-0.15, -0.1) is 0 Å². The third-order valence-electron chi connectivity index (χ3n) is 7.40.